The minimum absolute atomic E-state index is 0.448. The summed E-state index contributed by atoms with van der Waals surface area (Å²) in [4.78, 5) is 21.5. The van der Waals surface area contributed by atoms with E-state index in [1.165, 1.54) is 0 Å². The molecule has 0 aliphatic heterocycles. The van der Waals surface area contributed by atoms with E-state index in [4.69, 9.17) is 0 Å². The molecular formula is C15H14N2O4. The lowest BCUT2D eigenvalue weighted by Gasteiger charge is -2.18. The molecule has 2 atom stereocenters. The zero-order valence-electron chi connectivity index (χ0n) is 11.2. The van der Waals surface area contributed by atoms with E-state index in [-0.39, 0.29) is 0 Å². The number of hydrogen-bond acceptors (Lipinski definition) is 4. The molecule has 0 bridgehead atoms. The highest BCUT2D eigenvalue weighted by Crippen LogP contribution is 2.33. The van der Waals surface area contributed by atoms with Crippen LogP contribution in [-0.4, -0.2) is 16.4 Å². The molecule has 0 saturated carbocycles. The monoisotopic (exact) mass is 286 g/mol. The standard InChI is InChI=1S/C15H14N2O4/c18-16(19)11-14(12-7-3-1-4-8-12)15(17(20)21)13-9-5-2-6-10-13/h1-10,14-15H,11H2/t14-,15-/m0/s1. The molecule has 0 heterocycles. The van der Waals surface area contributed by atoms with Gasteiger partial charge in [-0.3, -0.25) is 20.2 Å². The summed E-state index contributed by atoms with van der Waals surface area (Å²) in [5.74, 6) is -0.807. The molecule has 0 radical (unpaired) electrons. The summed E-state index contributed by atoms with van der Waals surface area (Å²) >= 11 is 0. The van der Waals surface area contributed by atoms with Gasteiger partial charge in [0.15, 0.2) is 0 Å². The Hall–Kier alpha value is -2.76. The van der Waals surface area contributed by atoms with Crippen LogP contribution in [0.5, 0.6) is 0 Å². The predicted molar refractivity (Wildman–Crippen MR) is 77.2 cm³/mol. The Morgan fingerprint density at radius 1 is 0.810 bits per heavy atom. The van der Waals surface area contributed by atoms with Gasteiger partial charge in [0.1, 0.15) is 5.92 Å². The zero-order chi connectivity index (χ0) is 15.2. The second kappa shape index (κ2) is 6.60. The Labute approximate surface area is 121 Å². The van der Waals surface area contributed by atoms with Gasteiger partial charge in [-0.1, -0.05) is 60.7 Å². The van der Waals surface area contributed by atoms with Crippen LogP contribution in [0.3, 0.4) is 0 Å². The second-order valence-electron chi connectivity index (χ2n) is 4.67. The number of nitro groups is 2. The first-order chi connectivity index (χ1) is 10.1. The van der Waals surface area contributed by atoms with E-state index in [9.17, 15) is 20.2 Å². The summed E-state index contributed by atoms with van der Waals surface area (Å²) in [7, 11) is 0. The van der Waals surface area contributed by atoms with Gasteiger partial charge in [-0.05, 0) is 5.56 Å². The van der Waals surface area contributed by atoms with Crippen molar-refractivity contribution in [1.82, 2.24) is 0 Å². The van der Waals surface area contributed by atoms with Gasteiger partial charge < -0.3 is 0 Å². The van der Waals surface area contributed by atoms with Crippen molar-refractivity contribution in [3.8, 4) is 0 Å². The van der Waals surface area contributed by atoms with Gasteiger partial charge >= 0.3 is 0 Å². The lowest BCUT2D eigenvalue weighted by Crippen LogP contribution is -2.25. The Balaban J connectivity index is 2.46. The van der Waals surface area contributed by atoms with Crippen LogP contribution in [0.15, 0.2) is 60.7 Å². The molecule has 6 nitrogen and oxygen atoms in total. The molecule has 108 valence electrons. The fraction of sp³-hybridized carbons (Fsp3) is 0.200. The van der Waals surface area contributed by atoms with Gasteiger partial charge in [-0.25, -0.2) is 0 Å². The van der Waals surface area contributed by atoms with Crippen molar-refractivity contribution in [2.45, 2.75) is 12.0 Å². The molecule has 21 heavy (non-hydrogen) atoms. The normalized spacial score (nSPS) is 13.3. The van der Waals surface area contributed by atoms with Crippen molar-refractivity contribution < 1.29 is 9.85 Å². The van der Waals surface area contributed by atoms with E-state index in [0.29, 0.717) is 11.1 Å². The van der Waals surface area contributed by atoms with Crippen LogP contribution in [0.2, 0.25) is 0 Å². The average Bonchev–Trinajstić information content (AvgIpc) is 2.48. The molecule has 0 spiro atoms. The highest BCUT2D eigenvalue weighted by molar-refractivity contribution is 5.26. The van der Waals surface area contributed by atoms with E-state index >= 15 is 0 Å². The molecule has 6 heteroatoms. The molecule has 2 aromatic carbocycles. The van der Waals surface area contributed by atoms with Crippen LogP contribution in [0.25, 0.3) is 0 Å². The van der Waals surface area contributed by atoms with E-state index in [0.717, 1.165) is 0 Å². The summed E-state index contributed by atoms with van der Waals surface area (Å²) in [5.41, 5.74) is 1.07. The van der Waals surface area contributed by atoms with Crippen LogP contribution in [0.1, 0.15) is 23.1 Å². The SMILES string of the molecule is O=[N+]([O-])C[C@@H](c1ccccc1)[C@H](c1ccccc1)[N+](=O)[O-]. The Bertz CT molecular complexity index is 616. The predicted octanol–water partition coefficient (Wildman–Crippen LogP) is 3.06. The topological polar surface area (TPSA) is 86.3 Å². The first kappa shape index (κ1) is 14.6. The van der Waals surface area contributed by atoms with E-state index < -0.39 is 28.4 Å². The van der Waals surface area contributed by atoms with Crippen LogP contribution in [-0.2, 0) is 0 Å². The van der Waals surface area contributed by atoms with Crippen LogP contribution < -0.4 is 0 Å². The van der Waals surface area contributed by atoms with Crippen LogP contribution >= 0.6 is 0 Å². The minimum Gasteiger partial charge on any atom is -0.265 e. The van der Waals surface area contributed by atoms with Gasteiger partial charge in [0.2, 0.25) is 6.54 Å². The Kier molecular flexibility index (Phi) is 4.61. The zero-order valence-corrected chi connectivity index (χ0v) is 11.2. The van der Waals surface area contributed by atoms with Gasteiger partial charge in [0.05, 0.1) is 0 Å². The molecule has 0 unspecified atom stereocenters. The molecular weight excluding hydrogens is 272 g/mol. The number of hydrogen-bond donors (Lipinski definition) is 0. The van der Waals surface area contributed by atoms with E-state index in [1.54, 1.807) is 60.7 Å². The van der Waals surface area contributed by atoms with Gasteiger partial charge in [0, 0.05) is 15.4 Å². The van der Waals surface area contributed by atoms with Crippen molar-refractivity contribution in [3.05, 3.63) is 92.0 Å². The molecule has 0 fully saturated rings. The Morgan fingerprint density at radius 3 is 1.71 bits per heavy atom. The maximum atomic E-state index is 11.5. The average molecular weight is 286 g/mol. The first-order valence-corrected chi connectivity index (χ1v) is 6.45. The van der Waals surface area contributed by atoms with E-state index in [2.05, 4.69) is 0 Å². The third-order valence-electron chi connectivity index (χ3n) is 3.32. The van der Waals surface area contributed by atoms with Crippen LogP contribution in [0, 0.1) is 20.2 Å². The molecule has 0 N–H and O–H groups in total. The summed E-state index contributed by atoms with van der Waals surface area (Å²) in [6.45, 7) is -0.482. The van der Waals surface area contributed by atoms with Crippen LogP contribution in [0.4, 0.5) is 0 Å². The van der Waals surface area contributed by atoms with Crippen molar-refractivity contribution in [3.63, 3.8) is 0 Å². The largest absolute Gasteiger partial charge is 0.265 e. The molecule has 0 saturated heterocycles. The van der Waals surface area contributed by atoms with E-state index in [1.807, 2.05) is 0 Å². The summed E-state index contributed by atoms with van der Waals surface area (Å²) in [6.07, 6.45) is 0. The highest BCUT2D eigenvalue weighted by atomic mass is 16.6. The first-order valence-electron chi connectivity index (χ1n) is 6.45. The summed E-state index contributed by atoms with van der Waals surface area (Å²) < 4.78 is 0. The van der Waals surface area contributed by atoms with Crippen molar-refractivity contribution in [1.29, 1.82) is 0 Å². The molecule has 0 amide bonds. The van der Waals surface area contributed by atoms with Gasteiger partial charge in [0.25, 0.3) is 6.04 Å². The van der Waals surface area contributed by atoms with Gasteiger partial charge in [-0.15, -0.1) is 0 Å². The van der Waals surface area contributed by atoms with Crippen molar-refractivity contribution >= 4 is 0 Å². The number of benzene rings is 2. The molecule has 0 aliphatic carbocycles. The third-order valence-corrected chi connectivity index (χ3v) is 3.32. The summed E-state index contributed by atoms with van der Waals surface area (Å²) in [5, 5.41) is 22.4. The molecule has 2 rings (SSSR count). The second-order valence-corrected chi connectivity index (χ2v) is 4.67. The highest BCUT2D eigenvalue weighted by Gasteiger charge is 2.37. The van der Waals surface area contributed by atoms with Crippen molar-refractivity contribution in [2.24, 2.45) is 0 Å². The fourth-order valence-electron chi connectivity index (χ4n) is 2.40. The maximum Gasteiger partial charge on any atom is 0.251 e. The quantitative estimate of drug-likeness (QED) is 0.603. The molecule has 0 aromatic heterocycles. The fourth-order valence-corrected chi connectivity index (χ4v) is 2.40. The molecule has 2 aromatic rings. The van der Waals surface area contributed by atoms with Gasteiger partial charge in [-0.2, -0.15) is 0 Å². The number of nitrogens with zero attached hydrogens (tertiary/aromatic N) is 2. The lowest BCUT2D eigenvalue weighted by molar-refractivity contribution is -0.552. The minimum atomic E-state index is -1.14. The smallest absolute Gasteiger partial charge is 0.251 e. The number of rotatable bonds is 6. The Morgan fingerprint density at radius 2 is 1.29 bits per heavy atom. The van der Waals surface area contributed by atoms with Crippen molar-refractivity contribution in [2.75, 3.05) is 6.54 Å². The molecule has 0 aliphatic rings. The third kappa shape index (κ3) is 3.62. The summed E-state index contributed by atoms with van der Waals surface area (Å²) in [6, 6.07) is 15.9. The lowest BCUT2D eigenvalue weighted by atomic mass is 9.87. The maximum absolute atomic E-state index is 11.5.